The van der Waals surface area contributed by atoms with Crippen molar-refractivity contribution in [1.29, 1.82) is 0 Å². The summed E-state index contributed by atoms with van der Waals surface area (Å²) in [5.41, 5.74) is 0. The molecule has 2 aliphatic rings. The fourth-order valence-corrected chi connectivity index (χ4v) is 3.43. The molecule has 0 bridgehead atoms. The van der Waals surface area contributed by atoms with Gasteiger partial charge in [0.1, 0.15) is 0 Å². The van der Waals surface area contributed by atoms with Crippen LogP contribution in [0, 0.1) is 11.8 Å². The van der Waals surface area contributed by atoms with Crippen molar-refractivity contribution in [2.45, 2.75) is 64.5 Å². The van der Waals surface area contributed by atoms with Crippen LogP contribution in [-0.4, -0.2) is 25.3 Å². The zero-order chi connectivity index (χ0) is 11.4. The normalized spacial score (nSPS) is 40.1. The Morgan fingerprint density at radius 2 is 1.88 bits per heavy atom. The van der Waals surface area contributed by atoms with Crippen LogP contribution in [0.25, 0.3) is 0 Å². The van der Waals surface area contributed by atoms with Crippen molar-refractivity contribution in [2.75, 3.05) is 13.2 Å². The molecule has 0 spiro atoms. The number of rotatable bonds is 4. The molecule has 3 atom stereocenters. The van der Waals surface area contributed by atoms with Gasteiger partial charge in [-0.2, -0.15) is 0 Å². The summed E-state index contributed by atoms with van der Waals surface area (Å²) >= 11 is 0. The van der Waals surface area contributed by atoms with E-state index in [4.69, 9.17) is 4.74 Å². The lowest BCUT2D eigenvalue weighted by Gasteiger charge is -2.32. The number of hydrogen-bond donors (Lipinski definition) is 1. The number of hydrogen-bond acceptors (Lipinski definition) is 2. The highest BCUT2D eigenvalue weighted by Gasteiger charge is 2.23. The molecule has 2 heteroatoms. The van der Waals surface area contributed by atoms with Crippen LogP contribution in [-0.2, 0) is 4.74 Å². The van der Waals surface area contributed by atoms with Crippen molar-refractivity contribution < 1.29 is 4.74 Å². The van der Waals surface area contributed by atoms with Gasteiger partial charge >= 0.3 is 0 Å². The summed E-state index contributed by atoms with van der Waals surface area (Å²) in [5, 5.41) is 3.73. The van der Waals surface area contributed by atoms with Crippen LogP contribution in [0.2, 0.25) is 0 Å². The summed E-state index contributed by atoms with van der Waals surface area (Å²) in [6.45, 7) is 6.92. The Labute approximate surface area is 100 Å². The molecule has 2 fully saturated rings. The van der Waals surface area contributed by atoms with Gasteiger partial charge in [0.25, 0.3) is 0 Å². The van der Waals surface area contributed by atoms with Crippen molar-refractivity contribution in [2.24, 2.45) is 11.8 Å². The molecule has 1 aliphatic carbocycles. The first-order valence-electron chi connectivity index (χ1n) is 7.09. The van der Waals surface area contributed by atoms with E-state index in [9.17, 15) is 0 Å². The molecule has 2 rings (SSSR count). The standard InChI is InChI=1S/C14H27NO/c1-11-8-12(2)10-13(9-11)15-6-5-14-4-3-7-16-14/h11-15H,3-10H2,1-2H3. The zero-order valence-corrected chi connectivity index (χ0v) is 10.9. The lowest BCUT2D eigenvalue weighted by atomic mass is 9.80. The van der Waals surface area contributed by atoms with Crippen LogP contribution in [0.1, 0.15) is 52.4 Å². The minimum atomic E-state index is 0.547. The average molecular weight is 225 g/mol. The fraction of sp³-hybridized carbons (Fsp3) is 1.00. The number of ether oxygens (including phenoxy) is 1. The Hall–Kier alpha value is -0.0800. The quantitative estimate of drug-likeness (QED) is 0.794. The first-order valence-corrected chi connectivity index (χ1v) is 7.09. The highest BCUT2D eigenvalue weighted by Crippen LogP contribution is 2.28. The fourth-order valence-electron chi connectivity index (χ4n) is 3.43. The van der Waals surface area contributed by atoms with Crippen molar-refractivity contribution in [3.8, 4) is 0 Å². The summed E-state index contributed by atoms with van der Waals surface area (Å²) in [5.74, 6) is 1.81. The smallest absolute Gasteiger partial charge is 0.0588 e. The molecule has 1 saturated heterocycles. The maximum Gasteiger partial charge on any atom is 0.0588 e. The van der Waals surface area contributed by atoms with Gasteiger partial charge in [0, 0.05) is 12.6 Å². The SMILES string of the molecule is CC1CC(C)CC(NCCC2CCCO2)C1. The van der Waals surface area contributed by atoms with E-state index >= 15 is 0 Å². The molecule has 3 unspecified atom stereocenters. The molecule has 94 valence electrons. The summed E-state index contributed by atoms with van der Waals surface area (Å²) < 4.78 is 5.64. The third-order valence-electron chi connectivity index (χ3n) is 4.10. The van der Waals surface area contributed by atoms with Crippen LogP contribution in [0.5, 0.6) is 0 Å². The molecule has 1 heterocycles. The Balaban J connectivity index is 1.61. The van der Waals surface area contributed by atoms with Gasteiger partial charge in [0.15, 0.2) is 0 Å². The predicted octanol–water partition coefficient (Wildman–Crippen LogP) is 2.97. The third kappa shape index (κ3) is 3.74. The monoisotopic (exact) mass is 225 g/mol. The molecule has 0 aromatic carbocycles. The van der Waals surface area contributed by atoms with Crippen LogP contribution in [0.3, 0.4) is 0 Å². The Morgan fingerprint density at radius 1 is 1.12 bits per heavy atom. The summed E-state index contributed by atoms with van der Waals surface area (Å²) in [7, 11) is 0. The molecule has 0 aromatic rings. The van der Waals surface area contributed by atoms with E-state index < -0.39 is 0 Å². The Bertz CT molecular complexity index is 191. The summed E-state index contributed by atoms with van der Waals surface area (Å²) in [6, 6.07) is 0.764. The highest BCUT2D eigenvalue weighted by molar-refractivity contribution is 4.80. The molecule has 1 N–H and O–H groups in total. The van der Waals surface area contributed by atoms with E-state index in [1.54, 1.807) is 0 Å². The molecule has 16 heavy (non-hydrogen) atoms. The van der Waals surface area contributed by atoms with Gasteiger partial charge in [-0.25, -0.2) is 0 Å². The van der Waals surface area contributed by atoms with Gasteiger partial charge in [-0.05, 0) is 56.9 Å². The van der Waals surface area contributed by atoms with Gasteiger partial charge in [0.2, 0.25) is 0 Å². The average Bonchev–Trinajstić information content (AvgIpc) is 2.69. The van der Waals surface area contributed by atoms with Crippen LogP contribution < -0.4 is 5.32 Å². The summed E-state index contributed by atoms with van der Waals surface area (Å²) in [4.78, 5) is 0. The highest BCUT2D eigenvalue weighted by atomic mass is 16.5. The molecule has 1 saturated carbocycles. The molecule has 1 aliphatic heterocycles. The van der Waals surface area contributed by atoms with Crippen molar-refractivity contribution in [3.63, 3.8) is 0 Å². The first-order chi connectivity index (χ1) is 7.74. The maximum absolute atomic E-state index is 5.64. The minimum absolute atomic E-state index is 0.547. The minimum Gasteiger partial charge on any atom is -0.378 e. The predicted molar refractivity (Wildman–Crippen MR) is 67.6 cm³/mol. The molecular formula is C14H27NO. The molecule has 0 amide bonds. The van der Waals surface area contributed by atoms with Gasteiger partial charge in [-0.1, -0.05) is 13.8 Å². The van der Waals surface area contributed by atoms with Gasteiger partial charge < -0.3 is 10.1 Å². The molecule has 0 aromatic heterocycles. The Kier molecular flexibility index (Phi) is 4.66. The molecule has 2 nitrogen and oxygen atoms in total. The first kappa shape index (κ1) is 12.4. The van der Waals surface area contributed by atoms with Crippen molar-refractivity contribution >= 4 is 0 Å². The van der Waals surface area contributed by atoms with E-state index in [0.29, 0.717) is 6.10 Å². The zero-order valence-electron chi connectivity index (χ0n) is 10.9. The van der Waals surface area contributed by atoms with Crippen LogP contribution in [0.15, 0.2) is 0 Å². The second kappa shape index (κ2) is 6.02. The molecular weight excluding hydrogens is 198 g/mol. The van der Waals surface area contributed by atoms with Crippen LogP contribution in [0.4, 0.5) is 0 Å². The van der Waals surface area contributed by atoms with Gasteiger partial charge in [0.05, 0.1) is 6.10 Å². The van der Waals surface area contributed by atoms with Crippen molar-refractivity contribution in [3.05, 3.63) is 0 Å². The summed E-state index contributed by atoms with van der Waals surface area (Å²) in [6.07, 6.45) is 8.46. The van der Waals surface area contributed by atoms with E-state index in [-0.39, 0.29) is 0 Å². The van der Waals surface area contributed by atoms with E-state index in [2.05, 4.69) is 19.2 Å². The third-order valence-corrected chi connectivity index (χ3v) is 4.10. The second-order valence-electron chi connectivity index (χ2n) is 5.99. The maximum atomic E-state index is 5.64. The topological polar surface area (TPSA) is 21.3 Å². The van der Waals surface area contributed by atoms with Gasteiger partial charge in [-0.3, -0.25) is 0 Å². The lowest BCUT2D eigenvalue weighted by Crippen LogP contribution is -2.37. The Morgan fingerprint density at radius 3 is 2.50 bits per heavy atom. The van der Waals surface area contributed by atoms with E-state index in [0.717, 1.165) is 31.0 Å². The van der Waals surface area contributed by atoms with E-state index in [1.165, 1.54) is 38.5 Å². The van der Waals surface area contributed by atoms with Crippen LogP contribution >= 0.6 is 0 Å². The van der Waals surface area contributed by atoms with Gasteiger partial charge in [-0.15, -0.1) is 0 Å². The second-order valence-corrected chi connectivity index (χ2v) is 5.99. The number of nitrogens with one attached hydrogen (secondary N) is 1. The largest absolute Gasteiger partial charge is 0.378 e. The molecule has 0 radical (unpaired) electrons. The lowest BCUT2D eigenvalue weighted by molar-refractivity contribution is 0.102. The van der Waals surface area contributed by atoms with Crippen molar-refractivity contribution in [1.82, 2.24) is 5.32 Å². The van der Waals surface area contributed by atoms with E-state index in [1.807, 2.05) is 0 Å².